The Kier molecular flexibility index (Phi) is 11.2. The van der Waals surface area contributed by atoms with Crippen LogP contribution in [-0.2, 0) is 13.0 Å². The highest BCUT2D eigenvalue weighted by atomic mass is 127. The molecule has 0 heterocycles. The first-order valence-electron chi connectivity index (χ1n) is 9.26. The standard InChI is InChI=1S/C21H27F2N3O3.HI/c1-5-24-21(25-7-6-14-8-16(22)12-17(23)9-14)26-13-15-10-18(27-2)20(29-4)19(11-15)28-3;/h8-12H,5-7,13H2,1-4H3,(H2,24,25,26);1H. The van der Waals surface area contributed by atoms with E-state index in [1.165, 1.54) is 12.1 Å². The van der Waals surface area contributed by atoms with E-state index < -0.39 is 11.6 Å². The molecule has 30 heavy (non-hydrogen) atoms. The second-order valence-electron chi connectivity index (χ2n) is 6.18. The summed E-state index contributed by atoms with van der Waals surface area (Å²) in [6.07, 6.45) is 0.462. The molecule has 0 saturated heterocycles. The summed E-state index contributed by atoms with van der Waals surface area (Å²) in [5, 5.41) is 6.31. The molecular formula is C21H28F2IN3O3. The second-order valence-corrected chi connectivity index (χ2v) is 6.18. The highest BCUT2D eigenvalue weighted by Gasteiger charge is 2.13. The number of halogens is 3. The maximum Gasteiger partial charge on any atom is 0.203 e. The van der Waals surface area contributed by atoms with Gasteiger partial charge in [-0.1, -0.05) is 0 Å². The van der Waals surface area contributed by atoms with Crippen molar-refractivity contribution in [3.05, 3.63) is 53.1 Å². The maximum atomic E-state index is 13.3. The van der Waals surface area contributed by atoms with Crippen molar-refractivity contribution in [2.75, 3.05) is 34.4 Å². The lowest BCUT2D eigenvalue weighted by atomic mass is 10.1. The van der Waals surface area contributed by atoms with Gasteiger partial charge in [-0.2, -0.15) is 0 Å². The van der Waals surface area contributed by atoms with Crippen LogP contribution in [0.15, 0.2) is 35.3 Å². The maximum absolute atomic E-state index is 13.3. The number of aliphatic imine (C=N–C) groups is 1. The fraction of sp³-hybridized carbons (Fsp3) is 0.381. The zero-order chi connectivity index (χ0) is 21.2. The van der Waals surface area contributed by atoms with Crippen molar-refractivity contribution < 1.29 is 23.0 Å². The van der Waals surface area contributed by atoms with Gasteiger partial charge in [0.15, 0.2) is 17.5 Å². The normalized spacial score (nSPS) is 10.8. The minimum atomic E-state index is -0.581. The van der Waals surface area contributed by atoms with Crippen LogP contribution in [0.25, 0.3) is 0 Å². The number of ether oxygens (including phenoxy) is 3. The Morgan fingerprint density at radius 2 is 1.47 bits per heavy atom. The number of nitrogens with one attached hydrogen (secondary N) is 2. The third kappa shape index (κ3) is 7.51. The first kappa shape index (κ1) is 25.7. The number of hydrogen-bond acceptors (Lipinski definition) is 4. The highest BCUT2D eigenvalue weighted by molar-refractivity contribution is 14.0. The first-order valence-corrected chi connectivity index (χ1v) is 9.26. The molecule has 0 aliphatic carbocycles. The van der Waals surface area contributed by atoms with E-state index in [0.29, 0.717) is 54.8 Å². The molecule has 0 atom stereocenters. The van der Waals surface area contributed by atoms with Gasteiger partial charge < -0.3 is 24.8 Å². The van der Waals surface area contributed by atoms with E-state index in [0.717, 1.165) is 11.6 Å². The fourth-order valence-corrected chi connectivity index (χ4v) is 2.82. The lowest BCUT2D eigenvalue weighted by molar-refractivity contribution is 0.324. The topological polar surface area (TPSA) is 64.1 Å². The summed E-state index contributed by atoms with van der Waals surface area (Å²) in [4.78, 5) is 4.55. The van der Waals surface area contributed by atoms with E-state index in [1.807, 2.05) is 19.1 Å². The van der Waals surface area contributed by atoms with Crippen molar-refractivity contribution >= 4 is 29.9 Å². The summed E-state index contributed by atoms with van der Waals surface area (Å²) in [5.74, 6) is 1.07. The zero-order valence-electron chi connectivity index (χ0n) is 17.6. The van der Waals surface area contributed by atoms with E-state index >= 15 is 0 Å². The SMILES string of the molecule is CCNC(=NCc1cc(OC)c(OC)c(OC)c1)NCCc1cc(F)cc(F)c1.I. The average Bonchev–Trinajstić information content (AvgIpc) is 2.70. The van der Waals surface area contributed by atoms with Crippen molar-refractivity contribution in [3.63, 3.8) is 0 Å². The van der Waals surface area contributed by atoms with Gasteiger partial charge in [-0.3, -0.25) is 0 Å². The predicted octanol–water partition coefficient (Wildman–Crippen LogP) is 3.91. The monoisotopic (exact) mass is 535 g/mol. The molecule has 6 nitrogen and oxygen atoms in total. The van der Waals surface area contributed by atoms with Gasteiger partial charge in [-0.15, -0.1) is 24.0 Å². The number of methoxy groups -OCH3 is 3. The average molecular weight is 535 g/mol. The van der Waals surface area contributed by atoms with Gasteiger partial charge >= 0.3 is 0 Å². The molecule has 0 fully saturated rings. The second kappa shape index (κ2) is 13.1. The third-order valence-corrected chi connectivity index (χ3v) is 4.12. The molecule has 2 N–H and O–H groups in total. The molecule has 166 valence electrons. The van der Waals surface area contributed by atoms with E-state index in [1.54, 1.807) is 21.3 Å². The Morgan fingerprint density at radius 3 is 1.97 bits per heavy atom. The van der Waals surface area contributed by atoms with Gasteiger partial charge in [0, 0.05) is 19.2 Å². The molecule has 2 aromatic carbocycles. The summed E-state index contributed by atoms with van der Waals surface area (Å²) in [7, 11) is 4.67. The minimum absolute atomic E-state index is 0. The summed E-state index contributed by atoms with van der Waals surface area (Å²) >= 11 is 0. The van der Waals surface area contributed by atoms with Gasteiger partial charge in [0.25, 0.3) is 0 Å². The number of nitrogens with zero attached hydrogens (tertiary/aromatic N) is 1. The zero-order valence-corrected chi connectivity index (χ0v) is 19.9. The van der Waals surface area contributed by atoms with Crippen molar-refractivity contribution in [1.82, 2.24) is 10.6 Å². The molecule has 0 aliphatic rings. The minimum Gasteiger partial charge on any atom is -0.493 e. The lowest BCUT2D eigenvalue weighted by Gasteiger charge is -2.14. The van der Waals surface area contributed by atoms with Gasteiger partial charge in [0.1, 0.15) is 11.6 Å². The molecule has 0 bridgehead atoms. The fourth-order valence-electron chi connectivity index (χ4n) is 2.82. The Hall–Kier alpha value is -2.30. The van der Waals surface area contributed by atoms with Crippen molar-refractivity contribution in [2.24, 2.45) is 4.99 Å². The van der Waals surface area contributed by atoms with Crippen LogP contribution >= 0.6 is 24.0 Å². The third-order valence-electron chi connectivity index (χ3n) is 4.12. The molecule has 2 aromatic rings. The Bertz CT molecular complexity index is 805. The summed E-state index contributed by atoms with van der Waals surface area (Å²) < 4.78 is 42.6. The van der Waals surface area contributed by atoms with E-state index in [-0.39, 0.29) is 24.0 Å². The van der Waals surface area contributed by atoms with Crippen LogP contribution in [0.5, 0.6) is 17.2 Å². The molecular weight excluding hydrogens is 507 g/mol. The molecule has 0 aromatic heterocycles. The molecule has 0 unspecified atom stereocenters. The molecule has 0 aliphatic heterocycles. The van der Waals surface area contributed by atoms with Crippen molar-refractivity contribution in [1.29, 1.82) is 0 Å². The van der Waals surface area contributed by atoms with Gasteiger partial charge in [-0.05, 0) is 48.7 Å². The largest absolute Gasteiger partial charge is 0.493 e. The van der Waals surface area contributed by atoms with Crippen LogP contribution in [0.2, 0.25) is 0 Å². The first-order chi connectivity index (χ1) is 14.0. The van der Waals surface area contributed by atoms with Crippen molar-refractivity contribution in [3.8, 4) is 17.2 Å². The van der Waals surface area contributed by atoms with Crippen LogP contribution in [0.4, 0.5) is 8.78 Å². The molecule has 0 spiro atoms. The number of guanidine groups is 1. The summed E-state index contributed by atoms with van der Waals surface area (Å²) in [6, 6.07) is 7.18. The van der Waals surface area contributed by atoms with Gasteiger partial charge in [0.05, 0.1) is 27.9 Å². The van der Waals surface area contributed by atoms with E-state index in [2.05, 4.69) is 15.6 Å². The van der Waals surface area contributed by atoms with Crippen LogP contribution < -0.4 is 24.8 Å². The molecule has 0 amide bonds. The smallest absolute Gasteiger partial charge is 0.203 e. The number of hydrogen-bond donors (Lipinski definition) is 2. The Balaban J connectivity index is 0.00000450. The van der Waals surface area contributed by atoms with Gasteiger partial charge in [0.2, 0.25) is 5.75 Å². The Labute approximate surface area is 193 Å². The van der Waals surface area contributed by atoms with Crippen molar-refractivity contribution in [2.45, 2.75) is 19.9 Å². The van der Waals surface area contributed by atoms with Crippen LogP contribution in [0.3, 0.4) is 0 Å². The quantitative estimate of drug-likeness (QED) is 0.290. The highest BCUT2D eigenvalue weighted by Crippen LogP contribution is 2.38. The molecule has 0 radical (unpaired) electrons. The van der Waals surface area contributed by atoms with Crippen LogP contribution in [-0.4, -0.2) is 40.4 Å². The molecule has 9 heteroatoms. The van der Waals surface area contributed by atoms with E-state index in [9.17, 15) is 8.78 Å². The summed E-state index contributed by atoms with van der Waals surface area (Å²) in [6.45, 7) is 3.49. The summed E-state index contributed by atoms with van der Waals surface area (Å²) in [5.41, 5.74) is 1.46. The lowest BCUT2D eigenvalue weighted by Crippen LogP contribution is -2.38. The predicted molar refractivity (Wildman–Crippen MR) is 124 cm³/mol. The van der Waals surface area contributed by atoms with Crippen LogP contribution in [0.1, 0.15) is 18.1 Å². The van der Waals surface area contributed by atoms with Gasteiger partial charge in [-0.25, -0.2) is 13.8 Å². The number of rotatable bonds is 9. The Morgan fingerprint density at radius 1 is 0.867 bits per heavy atom. The number of benzene rings is 2. The van der Waals surface area contributed by atoms with Crippen LogP contribution in [0, 0.1) is 11.6 Å². The van der Waals surface area contributed by atoms with E-state index in [4.69, 9.17) is 14.2 Å². The molecule has 0 saturated carbocycles. The molecule has 2 rings (SSSR count).